The summed E-state index contributed by atoms with van der Waals surface area (Å²) < 4.78 is 7.24. The molecule has 0 aliphatic heterocycles. The number of aryl methyl sites for hydroxylation is 3. The number of aromatic nitrogens is 3. The summed E-state index contributed by atoms with van der Waals surface area (Å²) in [5.74, 6) is 0.510. The second-order valence-corrected chi connectivity index (χ2v) is 5.69. The first-order valence-electron chi connectivity index (χ1n) is 7.54. The Morgan fingerprint density at radius 1 is 1.33 bits per heavy atom. The van der Waals surface area contributed by atoms with E-state index in [1.165, 1.54) is 0 Å². The van der Waals surface area contributed by atoms with Crippen LogP contribution in [0.1, 0.15) is 27.4 Å². The highest BCUT2D eigenvalue weighted by molar-refractivity contribution is 6.03. The molecule has 0 aliphatic carbocycles. The Hall–Kier alpha value is -2.93. The molecular weight excluding hydrogens is 306 g/mol. The minimum absolute atomic E-state index is 0.254. The molecule has 0 bridgehead atoms. The predicted octanol–water partition coefficient (Wildman–Crippen LogP) is 2.40. The first-order chi connectivity index (χ1) is 11.5. The van der Waals surface area contributed by atoms with Crippen LogP contribution in [0.2, 0.25) is 0 Å². The van der Waals surface area contributed by atoms with E-state index in [0.29, 0.717) is 23.9 Å². The number of hydrogen-bond donors (Lipinski definition) is 2. The number of benzene rings is 1. The molecule has 0 fully saturated rings. The van der Waals surface area contributed by atoms with E-state index in [-0.39, 0.29) is 11.6 Å². The maximum absolute atomic E-state index is 12.5. The first-order valence-corrected chi connectivity index (χ1v) is 7.54. The molecule has 124 valence electrons. The van der Waals surface area contributed by atoms with Crippen molar-refractivity contribution in [2.75, 3.05) is 5.32 Å². The van der Waals surface area contributed by atoms with Gasteiger partial charge in [-0.1, -0.05) is 6.07 Å². The molecule has 2 heterocycles. The molecule has 7 nitrogen and oxygen atoms in total. The summed E-state index contributed by atoms with van der Waals surface area (Å²) in [4.78, 5) is 16.8. The maximum Gasteiger partial charge on any atom is 0.277 e. The summed E-state index contributed by atoms with van der Waals surface area (Å²) in [7, 11) is 1.81. The molecule has 0 atom stereocenters. The monoisotopic (exact) mass is 325 g/mol. The molecule has 0 saturated heterocycles. The van der Waals surface area contributed by atoms with E-state index in [1.807, 2.05) is 25.1 Å². The Kier molecular flexibility index (Phi) is 4.18. The first kappa shape index (κ1) is 15.9. The van der Waals surface area contributed by atoms with Crippen LogP contribution < -0.4 is 11.1 Å². The average Bonchev–Trinajstić information content (AvgIpc) is 3.12. The van der Waals surface area contributed by atoms with Gasteiger partial charge < -0.3 is 15.5 Å². The summed E-state index contributed by atoms with van der Waals surface area (Å²) in [5, 5.41) is 6.92. The summed E-state index contributed by atoms with van der Waals surface area (Å²) in [6.07, 6.45) is 3.42. The van der Waals surface area contributed by atoms with Crippen molar-refractivity contribution in [3.8, 4) is 11.5 Å². The molecule has 0 radical (unpaired) electrons. The highest BCUT2D eigenvalue weighted by Crippen LogP contribution is 2.22. The lowest BCUT2D eigenvalue weighted by Gasteiger charge is -2.07. The van der Waals surface area contributed by atoms with Gasteiger partial charge in [0.1, 0.15) is 5.76 Å². The van der Waals surface area contributed by atoms with Crippen molar-refractivity contribution in [2.45, 2.75) is 20.4 Å². The van der Waals surface area contributed by atoms with E-state index in [0.717, 1.165) is 16.7 Å². The normalized spacial score (nSPS) is 10.8. The minimum atomic E-state index is -0.319. The predicted molar refractivity (Wildman–Crippen MR) is 90.5 cm³/mol. The number of amides is 1. The summed E-state index contributed by atoms with van der Waals surface area (Å²) in [6, 6.07) is 5.72. The van der Waals surface area contributed by atoms with Crippen molar-refractivity contribution in [1.29, 1.82) is 0 Å². The molecule has 3 aromatic rings. The van der Waals surface area contributed by atoms with Gasteiger partial charge in [-0.05, 0) is 37.1 Å². The molecule has 1 amide bonds. The van der Waals surface area contributed by atoms with Gasteiger partial charge in [0.15, 0.2) is 5.69 Å². The number of carbonyl (C=O) groups is 1. The number of rotatable bonds is 4. The summed E-state index contributed by atoms with van der Waals surface area (Å²) in [5.41, 5.74) is 9.32. The summed E-state index contributed by atoms with van der Waals surface area (Å²) >= 11 is 0. The lowest BCUT2D eigenvalue weighted by Crippen LogP contribution is -2.14. The van der Waals surface area contributed by atoms with Crippen molar-refractivity contribution in [3.63, 3.8) is 0 Å². The molecule has 1 aromatic carbocycles. The van der Waals surface area contributed by atoms with Crippen molar-refractivity contribution in [3.05, 3.63) is 53.2 Å². The third-order valence-corrected chi connectivity index (χ3v) is 3.59. The van der Waals surface area contributed by atoms with Gasteiger partial charge in [-0.15, -0.1) is 0 Å². The number of anilines is 1. The smallest absolute Gasteiger partial charge is 0.277 e. The van der Waals surface area contributed by atoms with Crippen LogP contribution in [0.5, 0.6) is 0 Å². The molecule has 0 unspecified atom stereocenters. The van der Waals surface area contributed by atoms with Crippen LogP contribution in [0.15, 0.2) is 35.0 Å². The SMILES string of the molecule is Cc1cc(CN)cc(NC(=O)c2nc(-c3cnn(C)c3)oc2C)c1. The zero-order valence-corrected chi connectivity index (χ0v) is 13.8. The van der Waals surface area contributed by atoms with Crippen LogP contribution in [0.25, 0.3) is 11.5 Å². The van der Waals surface area contributed by atoms with Crippen molar-refractivity contribution in [1.82, 2.24) is 14.8 Å². The van der Waals surface area contributed by atoms with E-state index in [2.05, 4.69) is 15.4 Å². The Balaban J connectivity index is 1.85. The van der Waals surface area contributed by atoms with Gasteiger partial charge in [0.2, 0.25) is 5.89 Å². The molecule has 3 rings (SSSR count). The molecule has 0 spiro atoms. The van der Waals surface area contributed by atoms with Gasteiger partial charge >= 0.3 is 0 Å². The highest BCUT2D eigenvalue weighted by Gasteiger charge is 2.19. The third-order valence-electron chi connectivity index (χ3n) is 3.59. The van der Waals surface area contributed by atoms with Gasteiger partial charge in [-0.2, -0.15) is 5.10 Å². The molecule has 0 aliphatic rings. The Morgan fingerprint density at radius 2 is 2.12 bits per heavy atom. The fourth-order valence-electron chi connectivity index (χ4n) is 2.50. The van der Waals surface area contributed by atoms with Gasteiger partial charge in [0.05, 0.1) is 11.8 Å². The van der Waals surface area contributed by atoms with E-state index < -0.39 is 0 Å². The lowest BCUT2D eigenvalue weighted by molar-refractivity contribution is 0.102. The van der Waals surface area contributed by atoms with Crippen molar-refractivity contribution >= 4 is 11.6 Å². The van der Waals surface area contributed by atoms with Crippen LogP contribution in [0.4, 0.5) is 5.69 Å². The second-order valence-electron chi connectivity index (χ2n) is 5.69. The maximum atomic E-state index is 12.5. The van der Waals surface area contributed by atoms with Crippen LogP contribution in [0, 0.1) is 13.8 Å². The molecule has 7 heteroatoms. The lowest BCUT2D eigenvalue weighted by atomic mass is 10.1. The Bertz CT molecular complexity index is 894. The molecule has 3 N–H and O–H groups in total. The molecular formula is C17H19N5O2. The zero-order valence-electron chi connectivity index (χ0n) is 13.8. The topological polar surface area (TPSA) is 99.0 Å². The van der Waals surface area contributed by atoms with Gasteiger partial charge in [0, 0.05) is 25.5 Å². The van der Waals surface area contributed by atoms with Crippen LogP contribution >= 0.6 is 0 Å². The van der Waals surface area contributed by atoms with E-state index in [1.54, 1.807) is 31.0 Å². The van der Waals surface area contributed by atoms with Gasteiger partial charge in [0.25, 0.3) is 5.91 Å². The Morgan fingerprint density at radius 3 is 2.79 bits per heavy atom. The largest absolute Gasteiger partial charge is 0.440 e. The Labute approximate surface area is 139 Å². The van der Waals surface area contributed by atoms with Crippen molar-refractivity contribution in [2.24, 2.45) is 12.8 Å². The minimum Gasteiger partial charge on any atom is -0.440 e. The van der Waals surface area contributed by atoms with Gasteiger partial charge in [-0.3, -0.25) is 9.48 Å². The number of nitrogens with one attached hydrogen (secondary N) is 1. The standard InChI is InChI=1S/C17H19N5O2/c1-10-4-12(7-18)6-14(5-10)20-16(23)15-11(2)24-17(21-15)13-8-19-22(3)9-13/h4-6,8-9H,7,18H2,1-3H3,(H,20,23). The van der Waals surface area contributed by atoms with Crippen LogP contribution in [-0.2, 0) is 13.6 Å². The average molecular weight is 325 g/mol. The molecule has 24 heavy (non-hydrogen) atoms. The van der Waals surface area contributed by atoms with E-state index >= 15 is 0 Å². The second kappa shape index (κ2) is 6.29. The summed E-state index contributed by atoms with van der Waals surface area (Å²) in [6.45, 7) is 4.08. The number of hydrogen-bond acceptors (Lipinski definition) is 5. The quantitative estimate of drug-likeness (QED) is 0.767. The van der Waals surface area contributed by atoms with Crippen LogP contribution in [0.3, 0.4) is 0 Å². The highest BCUT2D eigenvalue weighted by atomic mass is 16.4. The number of nitrogens with zero attached hydrogens (tertiary/aromatic N) is 3. The number of oxazole rings is 1. The fraction of sp³-hybridized carbons (Fsp3) is 0.235. The van der Waals surface area contributed by atoms with Crippen molar-refractivity contribution < 1.29 is 9.21 Å². The number of nitrogens with two attached hydrogens (primary N) is 1. The fourth-order valence-corrected chi connectivity index (χ4v) is 2.50. The van der Waals surface area contributed by atoms with Gasteiger partial charge in [-0.25, -0.2) is 4.98 Å². The van der Waals surface area contributed by atoms with Crippen LogP contribution in [-0.4, -0.2) is 20.7 Å². The third kappa shape index (κ3) is 3.21. The zero-order chi connectivity index (χ0) is 17.3. The van der Waals surface area contributed by atoms with E-state index in [9.17, 15) is 4.79 Å². The molecule has 0 saturated carbocycles. The number of carbonyl (C=O) groups excluding carboxylic acids is 1. The molecule has 2 aromatic heterocycles. The van der Waals surface area contributed by atoms with E-state index in [4.69, 9.17) is 10.2 Å².